The number of quaternary nitrogens is 1. The van der Waals surface area contributed by atoms with E-state index >= 15 is 0 Å². The van der Waals surface area contributed by atoms with Crippen molar-refractivity contribution in [1.82, 2.24) is 10.5 Å². The van der Waals surface area contributed by atoms with Gasteiger partial charge in [0.2, 0.25) is 0 Å². The summed E-state index contributed by atoms with van der Waals surface area (Å²) in [6, 6.07) is 1.63. The molecule has 0 saturated carbocycles. The fraction of sp³-hybridized carbons (Fsp3) is 0.600. The first-order chi connectivity index (χ1) is 6.88. The molecule has 1 amide bonds. The van der Waals surface area contributed by atoms with Gasteiger partial charge in [0, 0.05) is 6.07 Å². The lowest BCUT2D eigenvalue weighted by Crippen LogP contribution is -2.41. The van der Waals surface area contributed by atoms with E-state index in [4.69, 9.17) is 4.52 Å². The van der Waals surface area contributed by atoms with Crippen molar-refractivity contribution in [2.24, 2.45) is 0 Å². The van der Waals surface area contributed by atoms with E-state index in [9.17, 15) is 4.79 Å². The van der Waals surface area contributed by atoms with E-state index in [1.165, 1.54) is 0 Å². The Morgan fingerprint density at radius 3 is 2.67 bits per heavy atom. The summed E-state index contributed by atoms with van der Waals surface area (Å²) >= 11 is 0. The molecule has 0 bridgehead atoms. The highest BCUT2D eigenvalue weighted by Crippen LogP contribution is 2.00. The van der Waals surface area contributed by atoms with Gasteiger partial charge in [-0.3, -0.25) is 4.79 Å². The van der Waals surface area contributed by atoms with Crippen LogP contribution in [0.3, 0.4) is 0 Å². The van der Waals surface area contributed by atoms with Crippen LogP contribution in [0.25, 0.3) is 0 Å². The minimum absolute atomic E-state index is 0.180. The predicted molar refractivity (Wildman–Crippen MR) is 56.5 cm³/mol. The lowest BCUT2D eigenvalue weighted by atomic mass is 10.3. The zero-order valence-corrected chi connectivity index (χ0v) is 9.70. The molecule has 0 fully saturated rings. The molecule has 0 aliphatic heterocycles. The lowest BCUT2D eigenvalue weighted by molar-refractivity contribution is -0.869. The van der Waals surface area contributed by atoms with E-state index in [-0.39, 0.29) is 5.91 Å². The number of carbonyl (C=O) groups is 1. The van der Waals surface area contributed by atoms with Gasteiger partial charge >= 0.3 is 0 Å². The number of amides is 1. The van der Waals surface area contributed by atoms with E-state index in [1.807, 2.05) is 0 Å². The van der Waals surface area contributed by atoms with Crippen LogP contribution in [0.15, 0.2) is 10.6 Å². The predicted octanol–water partition coefficient (Wildman–Crippen LogP) is 0.419. The molecule has 0 aromatic carbocycles. The third kappa shape index (κ3) is 4.12. The Morgan fingerprint density at radius 1 is 1.53 bits per heavy atom. The highest BCUT2D eigenvalue weighted by atomic mass is 16.5. The zero-order valence-electron chi connectivity index (χ0n) is 9.70. The molecule has 84 valence electrons. The molecule has 1 N–H and O–H groups in total. The summed E-state index contributed by atoms with van der Waals surface area (Å²) < 4.78 is 5.64. The van der Waals surface area contributed by atoms with Crippen molar-refractivity contribution < 1.29 is 13.8 Å². The first-order valence-corrected chi connectivity index (χ1v) is 4.90. The summed E-state index contributed by atoms with van der Waals surface area (Å²) in [4.78, 5) is 11.5. The molecule has 15 heavy (non-hydrogen) atoms. The molecular formula is C10H18N3O2+. The number of hydrogen-bond donors (Lipinski definition) is 1. The molecule has 0 unspecified atom stereocenters. The van der Waals surface area contributed by atoms with Crippen LogP contribution in [0.2, 0.25) is 0 Å². The highest BCUT2D eigenvalue weighted by molar-refractivity contribution is 5.92. The second-order valence-electron chi connectivity index (χ2n) is 4.59. The van der Waals surface area contributed by atoms with Gasteiger partial charge in [-0.15, -0.1) is 0 Å². The van der Waals surface area contributed by atoms with Crippen molar-refractivity contribution in [3.63, 3.8) is 0 Å². The van der Waals surface area contributed by atoms with Gasteiger partial charge in [0.25, 0.3) is 5.91 Å². The number of hydrogen-bond acceptors (Lipinski definition) is 3. The monoisotopic (exact) mass is 212 g/mol. The number of nitrogens with one attached hydrogen (secondary N) is 1. The van der Waals surface area contributed by atoms with Crippen LogP contribution in [0.5, 0.6) is 0 Å². The topological polar surface area (TPSA) is 55.1 Å². The van der Waals surface area contributed by atoms with Crippen LogP contribution in [0.4, 0.5) is 0 Å². The molecule has 1 aromatic heterocycles. The second kappa shape index (κ2) is 4.44. The quantitative estimate of drug-likeness (QED) is 0.736. The molecule has 0 spiro atoms. The van der Waals surface area contributed by atoms with Crippen LogP contribution >= 0.6 is 0 Å². The van der Waals surface area contributed by atoms with Crippen molar-refractivity contribution in [3.8, 4) is 0 Å². The standard InChI is InChI=1S/C10H17N3O2/c1-8-7-9(12-15-8)10(14)11-5-6-13(2,3)4/h7H,5-6H2,1-4H3/p+1. The molecule has 0 aliphatic carbocycles. The van der Waals surface area contributed by atoms with Crippen molar-refractivity contribution in [2.75, 3.05) is 34.2 Å². The SMILES string of the molecule is Cc1cc(C(=O)NCC[N+](C)(C)C)no1. The summed E-state index contributed by atoms with van der Waals surface area (Å²) in [5, 5.41) is 6.43. The fourth-order valence-corrected chi connectivity index (χ4v) is 1.07. The minimum atomic E-state index is -0.180. The summed E-state index contributed by atoms with van der Waals surface area (Å²) in [6.07, 6.45) is 0. The van der Waals surface area contributed by atoms with Gasteiger partial charge in [-0.25, -0.2) is 0 Å². The third-order valence-electron chi connectivity index (χ3n) is 1.93. The number of aromatic nitrogens is 1. The van der Waals surface area contributed by atoms with Gasteiger partial charge in [-0.2, -0.15) is 0 Å². The molecule has 1 heterocycles. The number of carbonyl (C=O) groups excluding carboxylic acids is 1. The summed E-state index contributed by atoms with van der Waals surface area (Å²) in [5.41, 5.74) is 0.342. The number of likely N-dealkylation sites (N-methyl/N-ethyl adjacent to an activating group) is 1. The van der Waals surface area contributed by atoms with Gasteiger partial charge in [0.1, 0.15) is 5.76 Å². The Kier molecular flexibility index (Phi) is 3.47. The first kappa shape index (κ1) is 11.7. The van der Waals surface area contributed by atoms with Crippen LogP contribution in [-0.4, -0.2) is 49.8 Å². The molecule has 0 aliphatic rings. The van der Waals surface area contributed by atoms with Gasteiger partial charge in [-0.05, 0) is 6.92 Å². The number of aryl methyl sites for hydroxylation is 1. The van der Waals surface area contributed by atoms with Gasteiger partial charge in [0.15, 0.2) is 5.69 Å². The molecule has 0 atom stereocenters. The van der Waals surface area contributed by atoms with Crippen LogP contribution < -0.4 is 5.32 Å². The van der Waals surface area contributed by atoms with Gasteiger partial charge in [0.05, 0.1) is 34.2 Å². The molecule has 5 nitrogen and oxygen atoms in total. The van der Waals surface area contributed by atoms with Crippen molar-refractivity contribution in [3.05, 3.63) is 17.5 Å². The molecule has 5 heteroatoms. The average Bonchev–Trinajstić information content (AvgIpc) is 2.49. The Hall–Kier alpha value is -1.36. The first-order valence-electron chi connectivity index (χ1n) is 4.90. The minimum Gasteiger partial charge on any atom is -0.361 e. The van der Waals surface area contributed by atoms with Crippen molar-refractivity contribution >= 4 is 5.91 Å². The number of rotatable bonds is 4. The molecule has 1 aromatic rings. The van der Waals surface area contributed by atoms with E-state index in [0.717, 1.165) is 11.0 Å². The zero-order chi connectivity index (χ0) is 11.5. The van der Waals surface area contributed by atoms with E-state index in [0.29, 0.717) is 18.0 Å². The maximum atomic E-state index is 11.5. The van der Waals surface area contributed by atoms with E-state index in [2.05, 4.69) is 31.6 Å². The van der Waals surface area contributed by atoms with Gasteiger partial charge in [-0.1, -0.05) is 5.16 Å². The molecule has 1 rings (SSSR count). The largest absolute Gasteiger partial charge is 0.361 e. The number of nitrogens with zero attached hydrogens (tertiary/aromatic N) is 2. The summed E-state index contributed by atoms with van der Waals surface area (Å²) in [7, 11) is 6.23. The third-order valence-corrected chi connectivity index (χ3v) is 1.93. The van der Waals surface area contributed by atoms with Crippen LogP contribution in [0, 0.1) is 6.92 Å². The molecule has 0 saturated heterocycles. The smallest absolute Gasteiger partial charge is 0.273 e. The van der Waals surface area contributed by atoms with E-state index < -0.39 is 0 Å². The molecular weight excluding hydrogens is 194 g/mol. The Balaban J connectivity index is 2.37. The van der Waals surface area contributed by atoms with Crippen LogP contribution in [-0.2, 0) is 0 Å². The average molecular weight is 212 g/mol. The Bertz CT molecular complexity index is 339. The van der Waals surface area contributed by atoms with Crippen LogP contribution in [0.1, 0.15) is 16.2 Å². The van der Waals surface area contributed by atoms with Crippen molar-refractivity contribution in [1.29, 1.82) is 0 Å². The van der Waals surface area contributed by atoms with Crippen molar-refractivity contribution in [2.45, 2.75) is 6.92 Å². The van der Waals surface area contributed by atoms with Gasteiger partial charge < -0.3 is 14.3 Å². The summed E-state index contributed by atoms with van der Waals surface area (Å²) in [5.74, 6) is 0.465. The second-order valence-corrected chi connectivity index (χ2v) is 4.59. The highest BCUT2D eigenvalue weighted by Gasteiger charge is 2.12. The molecule has 0 radical (unpaired) electrons. The van der Waals surface area contributed by atoms with E-state index in [1.54, 1.807) is 13.0 Å². The maximum Gasteiger partial charge on any atom is 0.273 e. The Morgan fingerprint density at radius 2 is 2.20 bits per heavy atom. The fourth-order valence-electron chi connectivity index (χ4n) is 1.07. The Labute approximate surface area is 89.6 Å². The normalized spacial score (nSPS) is 11.5. The maximum absolute atomic E-state index is 11.5. The lowest BCUT2D eigenvalue weighted by Gasteiger charge is -2.23. The summed E-state index contributed by atoms with van der Waals surface area (Å²) in [6.45, 7) is 3.27.